The zero-order valence-electron chi connectivity index (χ0n) is 11.0. The van der Waals surface area contributed by atoms with Crippen LogP contribution in [0.1, 0.15) is 13.8 Å². The molecule has 0 bridgehead atoms. The third kappa shape index (κ3) is 2.07. The third-order valence-electron chi connectivity index (χ3n) is 3.39. The average Bonchev–Trinajstić information content (AvgIpc) is 2.50. The van der Waals surface area contributed by atoms with Crippen LogP contribution >= 0.6 is 0 Å². The van der Waals surface area contributed by atoms with Gasteiger partial charge in [0, 0.05) is 17.6 Å². The second kappa shape index (κ2) is 4.15. The first-order chi connectivity index (χ1) is 7.93. The molecule has 2 rings (SSSR count). The predicted octanol–water partition coefficient (Wildman–Crippen LogP) is 1.99. The Balaban J connectivity index is 2.33. The number of hydrogen-bond donors (Lipinski definition) is 0. The second-order valence-corrected chi connectivity index (χ2v) is 5.61. The highest BCUT2D eigenvalue weighted by Crippen LogP contribution is 2.35. The second-order valence-electron chi connectivity index (χ2n) is 5.61. The Labute approximate surface area is 103 Å². The maximum atomic E-state index is 12.4. The first-order valence-corrected chi connectivity index (χ1v) is 5.96. The summed E-state index contributed by atoms with van der Waals surface area (Å²) in [6.45, 7) is 5.08. The maximum Gasteiger partial charge on any atom is 0.244 e. The fraction of sp³-hybridized carbons (Fsp3) is 0.500. The van der Waals surface area contributed by atoms with Gasteiger partial charge in [0.15, 0.2) is 0 Å². The Morgan fingerprint density at radius 2 is 1.82 bits per heavy atom. The van der Waals surface area contributed by atoms with E-state index < -0.39 is 0 Å². The first kappa shape index (κ1) is 12.1. The maximum absolute atomic E-state index is 12.4. The molecule has 1 aliphatic rings. The molecule has 1 saturated heterocycles. The zero-order valence-corrected chi connectivity index (χ0v) is 11.0. The van der Waals surface area contributed by atoms with E-state index in [0.717, 1.165) is 12.2 Å². The topological polar surface area (TPSA) is 23.6 Å². The van der Waals surface area contributed by atoms with Crippen molar-refractivity contribution in [3.8, 4) is 0 Å². The molecule has 17 heavy (non-hydrogen) atoms. The minimum absolute atomic E-state index is 0.0174. The molecule has 3 heteroatoms. The lowest BCUT2D eigenvalue weighted by Crippen LogP contribution is -2.43. The van der Waals surface area contributed by atoms with Gasteiger partial charge in [-0.1, -0.05) is 32.0 Å². The van der Waals surface area contributed by atoms with Gasteiger partial charge >= 0.3 is 0 Å². The summed E-state index contributed by atoms with van der Waals surface area (Å²) >= 11 is 0. The van der Waals surface area contributed by atoms with Crippen molar-refractivity contribution in [2.45, 2.75) is 19.9 Å². The van der Waals surface area contributed by atoms with Crippen LogP contribution in [-0.4, -0.2) is 37.5 Å². The summed E-state index contributed by atoms with van der Waals surface area (Å²) in [7, 11) is 3.94. The van der Waals surface area contributed by atoms with Gasteiger partial charge in [-0.15, -0.1) is 0 Å². The molecule has 0 saturated carbocycles. The van der Waals surface area contributed by atoms with Crippen molar-refractivity contribution in [3.05, 3.63) is 30.3 Å². The molecule has 0 spiro atoms. The zero-order chi connectivity index (χ0) is 12.6. The number of para-hydroxylation sites is 1. The summed E-state index contributed by atoms with van der Waals surface area (Å²) in [5.41, 5.74) is 0.978. The van der Waals surface area contributed by atoms with Crippen molar-refractivity contribution in [3.63, 3.8) is 0 Å². The SMILES string of the molecule is CN(C)[C@@H]1C(=O)N(c2ccccc2)CC1(C)C. The normalized spacial score (nSPS) is 23.5. The number of amides is 1. The molecule has 1 aromatic carbocycles. The van der Waals surface area contributed by atoms with E-state index in [2.05, 4.69) is 13.8 Å². The van der Waals surface area contributed by atoms with Crippen LogP contribution in [0.4, 0.5) is 5.69 Å². The van der Waals surface area contributed by atoms with Gasteiger partial charge in [-0.3, -0.25) is 9.69 Å². The molecule has 0 N–H and O–H groups in total. The quantitative estimate of drug-likeness (QED) is 0.778. The Kier molecular flexibility index (Phi) is 2.96. The lowest BCUT2D eigenvalue weighted by atomic mass is 9.87. The lowest BCUT2D eigenvalue weighted by molar-refractivity contribution is -0.122. The summed E-state index contributed by atoms with van der Waals surface area (Å²) in [5, 5.41) is 0. The molecule has 1 aromatic rings. The molecule has 0 aromatic heterocycles. The van der Waals surface area contributed by atoms with Crippen molar-refractivity contribution in [1.82, 2.24) is 4.90 Å². The molecular formula is C14H20N2O. The highest BCUT2D eigenvalue weighted by molar-refractivity contribution is 6.00. The molecule has 92 valence electrons. The summed E-state index contributed by atoms with van der Waals surface area (Å²) in [4.78, 5) is 16.4. The number of carbonyl (C=O) groups excluding carboxylic acids is 1. The lowest BCUT2D eigenvalue weighted by Gasteiger charge is -2.28. The van der Waals surface area contributed by atoms with Crippen LogP contribution in [-0.2, 0) is 4.79 Å². The van der Waals surface area contributed by atoms with Crippen LogP contribution in [0.25, 0.3) is 0 Å². The Hall–Kier alpha value is -1.35. The molecule has 1 aliphatic heterocycles. The van der Waals surface area contributed by atoms with Gasteiger partial charge in [0.05, 0.1) is 6.04 Å². The van der Waals surface area contributed by atoms with E-state index in [4.69, 9.17) is 0 Å². The number of nitrogens with zero attached hydrogens (tertiary/aromatic N) is 2. The summed E-state index contributed by atoms with van der Waals surface area (Å²) in [5.74, 6) is 0.200. The minimum atomic E-state index is -0.0392. The summed E-state index contributed by atoms with van der Waals surface area (Å²) in [6, 6.07) is 9.86. The van der Waals surface area contributed by atoms with E-state index in [-0.39, 0.29) is 17.4 Å². The fourth-order valence-electron chi connectivity index (χ4n) is 2.80. The molecule has 0 aliphatic carbocycles. The number of carbonyl (C=O) groups is 1. The van der Waals surface area contributed by atoms with Crippen LogP contribution in [0.3, 0.4) is 0 Å². The van der Waals surface area contributed by atoms with Crippen LogP contribution in [0.15, 0.2) is 30.3 Å². The molecule has 1 atom stereocenters. The van der Waals surface area contributed by atoms with Gasteiger partial charge in [0.1, 0.15) is 0 Å². The molecule has 1 heterocycles. The predicted molar refractivity (Wildman–Crippen MR) is 70.1 cm³/mol. The van der Waals surface area contributed by atoms with E-state index >= 15 is 0 Å². The van der Waals surface area contributed by atoms with Crippen molar-refractivity contribution in [1.29, 1.82) is 0 Å². The number of likely N-dealkylation sites (N-methyl/N-ethyl adjacent to an activating group) is 1. The smallest absolute Gasteiger partial charge is 0.244 e. The van der Waals surface area contributed by atoms with Gasteiger partial charge in [-0.25, -0.2) is 0 Å². The molecule has 1 amide bonds. The summed E-state index contributed by atoms with van der Waals surface area (Å²) < 4.78 is 0. The van der Waals surface area contributed by atoms with Crippen molar-refractivity contribution < 1.29 is 4.79 Å². The third-order valence-corrected chi connectivity index (χ3v) is 3.39. The van der Waals surface area contributed by atoms with Gasteiger partial charge in [0.2, 0.25) is 5.91 Å². The largest absolute Gasteiger partial charge is 0.310 e. The monoisotopic (exact) mass is 232 g/mol. The molecule has 0 unspecified atom stereocenters. The summed E-state index contributed by atoms with van der Waals surface area (Å²) in [6.07, 6.45) is 0. The number of anilines is 1. The fourth-order valence-corrected chi connectivity index (χ4v) is 2.80. The van der Waals surface area contributed by atoms with Crippen LogP contribution in [0, 0.1) is 5.41 Å². The number of rotatable bonds is 2. The Morgan fingerprint density at radius 3 is 2.29 bits per heavy atom. The number of benzene rings is 1. The van der Waals surface area contributed by atoms with Crippen LogP contribution in [0.5, 0.6) is 0 Å². The minimum Gasteiger partial charge on any atom is -0.310 e. The van der Waals surface area contributed by atoms with Gasteiger partial charge < -0.3 is 4.90 Å². The van der Waals surface area contributed by atoms with E-state index in [9.17, 15) is 4.79 Å². The standard InChI is InChI=1S/C14H20N2O/c1-14(2)10-16(11-8-6-5-7-9-11)13(17)12(14)15(3)4/h5-9,12H,10H2,1-4H3/t12-/m1/s1. The highest BCUT2D eigenvalue weighted by Gasteiger charge is 2.47. The van der Waals surface area contributed by atoms with Gasteiger partial charge in [-0.05, 0) is 26.2 Å². The van der Waals surface area contributed by atoms with E-state index in [1.54, 1.807) is 0 Å². The molecule has 1 fully saturated rings. The molecular weight excluding hydrogens is 212 g/mol. The molecule has 0 radical (unpaired) electrons. The number of hydrogen-bond acceptors (Lipinski definition) is 2. The van der Waals surface area contributed by atoms with E-state index in [0.29, 0.717) is 0 Å². The van der Waals surface area contributed by atoms with E-state index in [1.807, 2.05) is 54.2 Å². The molecule has 3 nitrogen and oxygen atoms in total. The first-order valence-electron chi connectivity index (χ1n) is 5.96. The van der Waals surface area contributed by atoms with Crippen molar-refractivity contribution >= 4 is 11.6 Å². The van der Waals surface area contributed by atoms with Gasteiger partial charge in [-0.2, -0.15) is 0 Å². The van der Waals surface area contributed by atoms with Crippen molar-refractivity contribution in [2.24, 2.45) is 5.41 Å². The Bertz CT molecular complexity index is 411. The van der Waals surface area contributed by atoms with Gasteiger partial charge in [0.25, 0.3) is 0 Å². The van der Waals surface area contributed by atoms with Crippen molar-refractivity contribution in [2.75, 3.05) is 25.5 Å². The average molecular weight is 232 g/mol. The Morgan fingerprint density at radius 1 is 1.24 bits per heavy atom. The highest BCUT2D eigenvalue weighted by atomic mass is 16.2. The van der Waals surface area contributed by atoms with E-state index in [1.165, 1.54) is 0 Å². The van der Waals surface area contributed by atoms with Crippen LogP contribution < -0.4 is 4.90 Å². The van der Waals surface area contributed by atoms with Crippen LogP contribution in [0.2, 0.25) is 0 Å².